The molecule has 0 bridgehead atoms. The number of hydrogen-bond acceptors (Lipinski definition) is 0. The van der Waals surface area contributed by atoms with Gasteiger partial charge < -0.3 is 0 Å². The van der Waals surface area contributed by atoms with Gasteiger partial charge in [0.05, 0.1) is 0 Å². The summed E-state index contributed by atoms with van der Waals surface area (Å²) in [5.74, 6) is 1.29. The summed E-state index contributed by atoms with van der Waals surface area (Å²) >= 11 is 0. The molecule has 0 amide bonds. The van der Waals surface area contributed by atoms with Crippen LogP contribution in [0.3, 0.4) is 0 Å². The highest BCUT2D eigenvalue weighted by Gasteiger charge is 2.34. The van der Waals surface area contributed by atoms with E-state index in [1.807, 2.05) is 0 Å². The molecule has 2 rings (SSSR count). The zero-order valence-corrected chi connectivity index (χ0v) is 12.4. The molecule has 1 fully saturated rings. The second kappa shape index (κ2) is 6.15. The monoisotopic (exact) mass is 266 g/mol. The molecule has 1 aliphatic carbocycles. The third kappa shape index (κ3) is 3.54. The van der Waals surface area contributed by atoms with Crippen molar-refractivity contribution in [3.05, 3.63) is 35.9 Å². The molecule has 0 N–H and O–H groups in total. The molecule has 0 saturated heterocycles. The molecule has 0 spiro atoms. The minimum atomic E-state index is -0.996. The maximum Gasteiger partial charge on any atom is 0.123 e. The van der Waals surface area contributed by atoms with E-state index in [1.165, 1.54) is 18.4 Å². The van der Waals surface area contributed by atoms with Crippen molar-refractivity contribution in [2.75, 3.05) is 0 Å². The van der Waals surface area contributed by atoms with E-state index in [1.54, 1.807) is 0 Å². The largest absolute Gasteiger partial charge is 0.240 e. The molecule has 18 heavy (non-hydrogen) atoms. The van der Waals surface area contributed by atoms with Crippen molar-refractivity contribution in [2.24, 2.45) is 5.92 Å². The highest BCUT2D eigenvalue weighted by atomic mass is 31.0. The fourth-order valence-corrected chi connectivity index (χ4v) is 3.54. The molecule has 0 aromatic heterocycles. The lowest BCUT2D eigenvalue weighted by Gasteiger charge is -2.36. The molecule has 1 aromatic rings. The third-order valence-corrected chi connectivity index (χ3v) is 4.84. The lowest BCUT2D eigenvalue weighted by molar-refractivity contribution is 0.157. The minimum Gasteiger partial charge on any atom is -0.240 e. The Bertz CT molecular complexity index is 351. The number of hydrogen-bond donors (Lipinski definition) is 0. The van der Waals surface area contributed by atoms with E-state index in [0.29, 0.717) is 24.7 Å². The maximum atomic E-state index is 13.9. The summed E-state index contributed by atoms with van der Waals surface area (Å²) in [6.07, 6.45) is 5.90. The van der Waals surface area contributed by atoms with E-state index in [-0.39, 0.29) is 0 Å². The highest BCUT2D eigenvalue weighted by molar-refractivity contribution is 7.18. The molecule has 0 heterocycles. The fraction of sp³-hybridized carbons (Fsp3) is 0.625. The fourth-order valence-electron chi connectivity index (χ4n) is 3.21. The van der Waals surface area contributed by atoms with E-state index in [0.717, 1.165) is 12.8 Å². The van der Waals surface area contributed by atoms with Crippen molar-refractivity contribution >= 4 is 9.24 Å². The van der Waals surface area contributed by atoms with Gasteiger partial charge in [0.1, 0.15) is 5.41 Å². The van der Waals surface area contributed by atoms with Crippen LogP contribution < -0.4 is 0 Å². The molecule has 0 nitrogen and oxygen atoms in total. The second-order valence-electron chi connectivity index (χ2n) is 5.68. The van der Waals surface area contributed by atoms with E-state index < -0.39 is 5.41 Å². The molecule has 0 aliphatic heterocycles. The SMILES string of the molecule is CCCC(c1ccccc1)C1CCC(F)(P)CC1. The quantitative estimate of drug-likeness (QED) is 0.648. The average molecular weight is 266 g/mol. The Hall–Kier alpha value is -0.420. The molecular weight excluding hydrogens is 242 g/mol. The van der Waals surface area contributed by atoms with Crippen LogP contribution in [0.4, 0.5) is 4.39 Å². The highest BCUT2D eigenvalue weighted by Crippen LogP contribution is 2.45. The van der Waals surface area contributed by atoms with Gasteiger partial charge in [-0.1, -0.05) is 52.9 Å². The van der Waals surface area contributed by atoms with Crippen LogP contribution in [-0.4, -0.2) is 5.41 Å². The topological polar surface area (TPSA) is 0 Å². The van der Waals surface area contributed by atoms with Gasteiger partial charge in [-0.15, -0.1) is 0 Å². The van der Waals surface area contributed by atoms with Gasteiger partial charge in [0.15, 0.2) is 0 Å². The van der Waals surface area contributed by atoms with Gasteiger partial charge in [-0.05, 0) is 49.5 Å². The predicted molar refractivity (Wildman–Crippen MR) is 79.6 cm³/mol. The van der Waals surface area contributed by atoms with Gasteiger partial charge in [-0.3, -0.25) is 0 Å². The smallest absolute Gasteiger partial charge is 0.123 e. The van der Waals surface area contributed by atoms with E-state index in [9.17, 15) is 4.39 Å². The molecule has 100 valence electrons. The van der Waals surface area contributed by atoms with E-state index in [2.05, 4.69) is 46.5 Å². The van der Waals surface area contributed by atoms with Crippen LogP contribution >= 0.6 is 9.24 Å². The standard InChI is InChI=1S/C16H24FP/c1-2-6-15(13-7-4-3-5-8-13)14-9-11-16(17,18)12-10-14/h3-5,7-8,14-15H,2,6,9-12,18H2,1H3. The average Bonchev–Trinajstić information content (AvgIpc) is 2.38. The molecule has 2 atom stereocenters. The number of benzene rings is 1. The first kappa shape index (κ1) is 14.0. The Morgan fingerprint density at radius 1 is 1.28 bits per heavy atom. The molecule has 0 radical (unpaired) electrons. The van der Waals surface area contributed by atoms with Crippen LogP contribution in [0.15, 0.2) is 30.3 Å². The van der Waals surface area contributed by atoms with Crippen molar-refractivity contribution in [1.29, 1.82) is 0 Å². The van der Waals surface area contributed by atoms with E-state index >= 15 is 0 Å². The Morgan fingerprint density at radius 2 is 1.89 bits per heavy atom. The number of halogens is 1. The third-order valence-electron chi connectivity index (χ3n) is 4.26. The lowest BCUT2D eigenvalue weighted by Crippen LogP contribution is -2.26. The summed E-state index contributed by atoms with van der Waals surface area (Å²) in [7, 11) is 2.40. The van der Waals surface area contributed by atoms with Crippen molar-refractivity contribution in [1.82, 2.24) is 0 Å². The zero-order chi connectivity index (χ0) is 13.0. The van der Waals surface area contributed by atoms with Crippen LogP contribution in [0.5, 0.6) is 0 Å². The van der Waals surface area contributed by atoms with Gasteiger partial charge in [0.2, 0.25) is 0 Å². The predicted octanol–water partition coefficient (Wildman–Crippen LogP) is 5.30. The number of rotatable bonds is 4. The molecular formula is C16H24FP. The lowest BCUT2D eigenvalue weighted by atomic mass is 9.74. The van der Waals surface area contributed by atoms with E-state index in [4.69, 9.17) is 0 Å². The first-order chi connectivity index (χ1) is 8.62. The summed E-state index contributed by atoms with van der Waals surface area (Å²) in [4.78, 5) is 0. The van der Waals surface area contributed by atoms with Crippen LogP contribution in [0.1, 0.15) is 56.9 Å². The van der Waals surface area contributed by atoms with Crippen molar-refractivity contribution in [2.45, 2.75) is 56.8 Å². The van der Waals surface area contributed by atoms with Gasteiger partial charge in [0.25, 0.3) is 0 Å². The van der Waals surface area contributed by atoms with Gasteiger partial charge in [-0.25, -0.2) is 4.39 Å². The van der Waals surface area contributed by atoms with Gasteiger partial charge in [-0.2, -0.15) is 0 Å². The van der Waals surface area contributed by atoms with Crippen molar-refractivity contribution < 1.29 is 4.39 Å². The van der Waals surface area contributed by atoms with Gasteiger partial charge in [0, 0.05) is 0 Å². The Balaban J connectivity index is 2.07. The second-order valence-corrected chi connectivity index (χ2v) is 6.71. The maximum absolute atomic E-state index is 13.9. The molecule has 2 heteroatoms. The van der Waals surface area contributed by atoms with Crippen LogP contribution in [0.2, 0.25) is 0 Å². The van der Waals surface area contributed by atoms with Crippen LogP contribution in [-0.2, 0) is 0 Å². The number of alkyl halides is 1. The summed E-state index contributed by atoms with van der Waals surface area (Å²) in [5, 5.41) is -0.996. The molecule has 2 unspecified atom stereocenters. The van der Waals surface area contributed by atoms with Gasteiger partial charge >= 0.3 is 0 Å². The summed E-state index contributed by atoms with van der Waals surface area (Å²) in [5.41, 5.74) is 1.44. The Morgan fingerprint density at radius 3 is 2.44 bits per heavy atom. The normalized spacial score (nSPS) is 30.1. The first-order valence-corrected chi connectivity index (χ1v) is 7.73. The summed E-state index contributed by atoms with van der Waals surface area (Å²) in [6, 6.07) is 10.8. The van der Waals surface area contributed by atoms with Crippen molar-refractivity contribution in [3.8, 4) is 0 Å². The summed E-state index contributed by atoms with van der Waals surface area (Å²) < 4.78 is 13.9. The summed E-state index contributed by atoms with van der Waals surface area (Å²) in [6.45, 7) is 2.24. The molecule has 1 saturated carbocycles. The van der Waals surface area contributed by atoms with Crippen LogP contribution in [0, 0.1) is 5.92 Å². The molecule has 1 aliphatic rings. The Labute approximate surface area is 113 Å². The van der Waals surface area contributed by atoms with Crippen LogP contribution in [0.25, 0.3) is 0 Å². The Kier molecular flexibility index (Phi) is 4.78. The zero-order valence-electron chi connectivity index (χ0n) is 11.2. The minimum absolute atomic E-state index is 0.622. The molecule has 1 aromatic carbocycles. The van der Waals surface area contributed by atoms with Crippen molar-refractivity contribution in [3.63, 3.8) is 0 Å². The first-order valence-electron chi connectivity index (χ1n) is 7.15.